The summed E-state index contributed by atoms with van der Waals surface area (Å²) in [5.41, 5.74) is 5.64. The number of carbonyl (C=O) groups excluding carboxylic acids is 1. The molecule has 0 radical (unpaired) electrons. The number of carbonyl (C=O) groups is 1. The van der Waals surface area contributed by atoms with Gasteiger partial charge in [-0.25, -0.2) is 9.78 Å². The van der Waals surface area contributed by atoms with E-state index in [1.54, 1.807) is 0 Å². The molecule has 0 atom stereocenters. The zero-order valence-corrected chi connectivity index (χ0v) is 14.8. The van der Waals surface area contributed by atoms with Gasteiger partial charge >= 0.3 is 5.97 Å². The average molecular weight is 341 g/mol. The minimum absolute atomic E-state index is 0.353. The predicted octanol–water partition coefficient (Wildman–Crippen LogP) is 4.39. The molecule has 1 N–H and O–H groups in total. The van der Waals surface area contributed by atoms with Gasteiger partial charge < -0.3 is 9.72 Å². The lowest BCUT2D eigenvalue weighted by molar-refractivity contribution is 0.0599. The first kappa shape index (κ1) is 16.5. The standard InChI is InChI=1S/C18H19N3O2S/c1-10-15(18(22)23-3)11(2)20-16(10)14-9-24-17(21-14)13(8-19)12-6-4-5-7-12/h9,20H,4-7H2,1-3H3. The molecular weight excluding hydrogens is 322 g/mol. The number of esters is 1. The molecule has 24 heavy (non-hydrogen) atoms. The van der Waals surface area contributed by atoms with E-state index in [1.165, 1.54) is 24.0 Å². The Morgan fingerprint density at radius 3 is 2.71 bits per heavy atom. The summed E-state index contributed by atoms with van der Waals surface area (Å²) in [6.45, 7) is 3.72. The Morgan fingerprint density at radius 1 is 1.38 bits per heavy atom. The first-order chi connectivity index (χ1) is 11.6. The second kappa shape index (κ2) is 6.62. The molecule has 0 spiro atoms. The molecule has 1 aliphatic rings. The van der Waals surface area contributed by atoms with Gasteiger partial charge in [-0.1, -0.05) is 0 Å². The van der Waals surface area contributed by atoms with Crippen LogP contribution in [0, 0.1) is 25.2 Å². The van der Waals surface area contributed by atoms with Crippen molar-refractivity contribution in [3.05, 3.63) is 32.8 Å². The minimum atomic E-state index is -0.353. The number of aryl methyl sites for hydroxylation is 1. The van der Waals surface area contributed by atoms with Crippen LogP contribution in [0.15, 0.2) is 11.0 Å². The van der Waals surface area contributed by atoms with Crippen LogP contribution in [-0.2, 0) is 4.74 Å². The fraction of sp³-hybridized carbons (Fsp3) is 0.389. The van der Waals surface area contributed by atoms with Crippen LogP contribution in [0.25, 0.3) is 17.0 Å². The van der Waals surface area contributed by atoms with E-state index in [9.17, 15) is 10.1 Å². The first-order valence-electron chi connectivity index (χ1n) is 7.92. The largest absolute Gasteiger partial charge is 0.465 e. The van der Waals surface area contributed by atoms with Crippen molar-refractivity contribution in [1.82, 2.24) is 9.97 Å². The van der Waals surface area contributed by atoms with Crippen molar-refractivity contribution in [3.63, 3.8) is 0 Å². The molecule has 0 unspecified atom stereocenters. The Hall–Kier alpha value is -2.39. The Bertz CT molecular complexity index is 859. The lowest BCUT2D eigenvalue weighted by Crippen LogP contribution is -2.03. The number of thiazole rings is 1. The van der Waals surface area contributed by atoms with Crippen molar-refractivity contribution in [2.24, 2.45) is 0 Å². The van der Waals surface area contributed by atoms with E-state index in [2.05, 4.69) is 16.0 Å². The Labute approximate surface area is 145 Å². The number of allylic oxidation sites excluding steroid dienone is 2. The number of nitrogens with one attached hydrogen (secondary N) is 1. The highest BCUT2D eigenvalue weighted by molar-refractivity contribution is 7.11. The van der Waals surface area contributed by atoms with E-state index in [4.69, 9.17) is 4.74 Å². The second-order valence-electron chi connectivity index (χ2n) is 5.95. The second-order valence-corrected chi connectivity index (χ2v) is 6.81. The van der Waals surface area contributed by atoms with Gasteiger partial charge in [-0.15, -0.1) is 11.3 Å². The van der Waals surface area contributed by atoms with Gasteiger partial charge in [0.15, 0.2) is 0 Å². The van der Waals surface area contributed by atoms with Gasteiger partial charge in [-0.05, 0) is 50.7 Å². The highest BCUT2D eigenvalue weighted by Crippen LogP contribution is 2.35. The van der Waals surface area contributed by atoms with E-state index in [-0.39, 0.29) is 5.97 Å². The molecule has 5 nitrogen and oxygen atoms in total. The molecule has 1 fully saturated rings. The predicted molar refractivity (Wildman–Crippen MR) is 93.7 cm³/mol. The van der Waals surface area contributed by atoms with E-state index in [0.29, 0.717) is 5.56 Å². The van der Waals surface area contributed by atoms with Crippen LogP contribution >= 0.6 is 11.3 Å². The molecule has 0 aromatic carbocycles. The quantitative estimate of drug-likeness (QED) is 0.663. The Morgan fingerprint density at radius 2 is 2.08 bits per heavy atom. The van der Waals surface area contributed by atoms with Gasteiger partial charge in [-0.2, -0.15) is 5.26 Å². The molecule has 0 aliphatic heterocycles. The molecule has 1 aliphatic carbocycles. The number of aromatic nitrogens is 2. The lowest BCUT2D eigenvalue weighted by atomic mass is 10.1. The number of ether oxygens (including phenoxy) is 1. The Kier molecular flexibility index (Phi) is 4.54. The molecule has 2 aromatic rings. The van der Waals surface area contributed by atoms with Crippen LogP contribution in [0.2, 0.25) is 0 Å². The summed E-state index contributed by atoms with van der Waals surface area (Å²) in [6, 6.07) is 2.33. The molecule has 0 saturated heterocycles. The number of rotatable bonds is 3. The van der Waals surface area contributed by atoms with Crippen LogP contribution in [0.4, 0.5) is 0 Å². The van der Waals surface area contributed by atoms with E-state index in [0.717, 1.165) is 58.9 Å². The number of H-pyrrole nitrogens is 1. The summed E-state index contributed by atoms with van der Waals surface area (Å²) < 4.78 is 4.85. The first-order valence-corrected chi connectivity index (χ1v) is 8.80. The zero-order chi connectivity index (χ0) is 17.3. The number of aromatic amines is 1. The third-order valence-corrected chi connectivity index (χ3v) is 5.33. The van der Waals surface area contributed by atoms with Crippen molar-refractivity contribution in [2.75, 3.05) is 7.11 Å². The molecule has 6 heteroatoms. The summed E-state index contributed by atoms with van der Waals surface area (Å²) in [7, 11) is 1.38. The molecule has 0 bridgehead atoms. The molecule has 124 valence electrons. The molecule has 2 heterocycles. The van der Waals surface area contributed by atoms with Gasteiger partial charge in [0.1, 0.15) is 11.1 Å². The fourth-order valence-corrected chi connectivity index (χ4v) is 4.10. The van der Waals surface area contributed by atoms with E-state index in [1.807, 2.05) is 19.2 Å². The van der Waals surface area contributed by atoms with E-state index >= 15 is 0 Å². The SMILES string of the molecule is COC(=O)c1c(C)[nH]c(-c2csc(C(C#N)=C3CCCC3)n2)c1C. The van der Waals surface area contributed by atoms with Crippen molar-refractivity contribution >= 4 is 22.9 Å². The third-order valence-electron chi connectivity index (χ3n) is 4.47. The maximum atomic E-state index is 11.9. The maximum absolute atomic E-state index is 11.9. The van der Waals surface area contributed by atoms with Crippen molar-refractivity contribution in [1.29, 1.82) is 5.26 Å². The third kappa shape index (κ3) is 2.76. The van der Waals surface area contributed by atoms with Crippen LogP contribution in [0.3, 0.4) is 0 Å². The minimum Gasteiger partial charge on any atom is -0.465 e. The average Bonchev–Trinajstić information content (AvgIpc) is 3.29. The molecule has 0 amide bonds. The molecule has 2 aromatic heterocycles. The summed E-state index contributed by atoms with van der Waals surface area (Å²) in [5.74, 6) is -0.353. The van der Waals surface area contributed by atoms with Crippen LogP contribution in [-0.4, -0.2) is 23.0 Å². The highest BCUT2D eigenvalue weighted by Gasteiger charge is 2.22. The van der Waals surface area contributed by atoms with E-state index < -0.39 is 0 Å². The fourth-order valence-electron chi connectivity index (χ4n) is 3.25. The van der Waals surface area contributed by atoms with Crippen LogP contribution in [0.1, 0.15) is 52.3 Å². The number of nitriles is 1. The lowest BCUT2D eigenvalue weighted by Gasteiger charge is -2.00. The number of methoxy groups -OCH3 is 1. The van der Waals surface area contributed by atoms with Gasteiger partial charge in [-0.3, -0.25) is 0 Å². The van der Waals surface area contributed by atoms with Crippen molar-refractivity contribution < 1.29 is 9.53 Å². The summed E-state index contributed by atoms with van der Waals surface area (Å²) in [4.78, 5) is 19.8. The van der Waals surface area contributed by atoms with Crippen LogP contribution < -0.4 is 0 Å². The highest BCUT2D eigenvalue weighted by atomic mass is 32.1. The summed E-state index contributed by atoms with van der Waals surface area (Å²) in [5, 5.41) is 12.2. The number of hydrogen-bond acceptors (Lipinski definition) is 5. The zero-order valence-electron chi connectivity index (χ0n) is 14.0. The topological polar surface area (TPSA) is 78.8 Å². The maximum Gasteiger partial charge on any atom is 0.339 e. The number of nitrogens with zero attached hydrogens (tertiary/aromatic N) is 2. The van der Waals surface area contributed by atoms with Crippen molar-refractivity contribution in [2.45, 2.75) is 39.5 Å². The van der Waals surface area contributed by atoms with Crippen molar-refractivity contribution in [3.8, 4) is 17.5 Å². The van der Waals surface area contributed by atoms with Gasteiger partial charge in [0, 0.05) is 11.1 Å². The smallest absolute Gasteiger partial charge is 0.339 e. The monoisotopic (exact) mass is 341 g/mol. The molecule has 1 saturated carbocycles. The molecule has 3 rings (SSSR count). The summed E-state index contributed by atoms with van der Waals surface area (Å²) in [6.07, 6.45) is 4.28. The van der Waals surface area contributed by atoms with Crippen LogP contribution in [0.5, 0.6) is 0 Å². The molecular formula is C18H19N3O2S. The number of hydrogen-bond donors (Lipinski definition) is 1. The normalized spacial score (nSPS) is 13.8. The summed E-state index contributed by atoms with van der Waals surface area (Å²) >= 11 is 1.47. The van der Waals surface area contributed by atoms with Gasteiger partial charge in [0.25, 0.3) is 0 Å². The Balaban J connectivity index is 2.02. The van der Waals surface area contributed by atoms with Gasteiger partial charge in [0.05, 0.1) is 29.6 Å². The van der Waals surface area contributed by atoms with Gasteiger partial charge in [0.2, 0.25) is 0 Å².